The smallest absolute Gasteiger partial charge is 0.234 e. The number of halogens is 1. The van der Waals surface area contributed by atoms with Crippen LogP contribution in [0.2, 0.25) is 0 Å². The summed E-state index contributed by atoms with van der Waals surface area (Å²) in [6.07, 6.45) is 2.72. The van der Waals surface area contributed by atoms with Crippen molar-refractivity contribution < 1.29 is 13.9 Å². The van der Waals surface area contributed by atoms with E-state index in [4.69, 9.17) is 4.74 Å². The highest BCUT2D eigenvalue weighted by Gasteiger charge is 2.08. The van der Waals surface area contributed by atoms with E-state index in [1.165, 1.54) is 6.07 Å². The molecule has 0 radical (unpaired) electrons. The Balaban J connectivity index is 2.32. The van der Waals surface area contributed by atoms with E-state index in [9.17, 15) is 9.18 Å². The molecule has 0 fully saturated rings. The van der Waals surface area contributed by atoms with Crippen LogP contribution in [-0.4, -0.2) is 37.7 Å². The Bertz CT molecular complexity index is 387. The van der Waals surface area contributed by atoms with Gasteiger partial charge in [-0.25, -0.2) is 4.39 Å². The number of carbonyl (C=O) groups is 1. The Morgan fingerprint density at radius 3 is 3.00 bits per heavy atom. The van der Waals surface area contributed by atoms with Crippen LogP contribution in [0.1, 0.15) is 18.5 Å². The van der Waals surface area contributed by atoms with Gasteiger partial charge in [0.15, 0.2) is 0 Å². The Labute approximate surface area is 106 Å². The molecule has 18 heavy (non-hydrogen) atoms. The molecule has 5 nitrogen and oxygen atoms in total. The van der Waals surface area contributed by atoms with Gasteiger partial charge in [-0.1, -0.05) is 0 Å². The highest BCUT2D eigenvalue weighted by molar-refractivity contribution is 5.78. The molecular formula is C12H18FN3O2. The van der Waals surface area contributed by atoms with Crippen molar-refractivity contribution in [3.8, 4) is 0 Å². The van der Waals surface area contributed by atoms with Crippen molar-refractivity contribution in [3.63, 3.8) is 0 Å². The van der Waals surface area contributed by atoms with E-state index in [1.54, 1.807) is 13.3 Å². The molecule has 0 aliphatic heterocycles. The fraction of sp³-hybridized carbons (Fsp3) is 0.500. The highest BCUT2D eigenvalue weighted by atomic mass is 19.1. The summed E-state index contributed by atoms with van der Waals surface area (Å²) in [6, 6.07) is 1.26. The summed E-state index contributed by atoms with van der Waals surface area (Å²) in [5.41, 5.74) is 0.708. The van der Waals surface area contributed by atoms with E-state index in [-0.39, 0.29) is 24.3 Å². The van der Waals surface area contributed by atoms with Crippen LogP contribution in [0.3, 0.4) is 0 Å². The summed E-state index contributed by atoms with van der Waals surface area (Å²) in [5, 5.41) is 5.68. The number of hydrogen-bond acceptors (Lipinski definition) is 4. The van der Waals surface area contributed by atoms with Crippen molar-refractivity contribution in [1.82, 2.24) is 15.6 Å². The van der Waals surface area contributed by atoms with Gasteiger partial charge in [0.1, 0.15) is 5.82 Å². The van der Waals surface area contributed by atoms with Gasteiger partial charge in [0.05, 0.1) is 19.3 Å². The van der Waals surface area contributed by atoms with Crippen LogP contribution in [0.15, 0.2) is 18.5 Å². The van der Waals surface area contributed by atoms with Gasteiger partial charge in [-0.15, -0.1) is 0 Å². The summed E-state index contributed by atoms with van der Waals surface area (Å²) in [5.74, 6) is -0.506. The lowest BCUT2D eigenvalue weighted by atomic mass is 10.1. The molecule has 2 N–H and O–H groups in total. The standard InChI is InChI=1S/C12H18FN3O2/c1-9(10-5-11(13)7-14-6-10)16-8-12(17)15-3-4-18-2/h5-7,9,16H,3-4,8H2,1-2H3,(H,15,17). The van der Waals surface area contributed by atoms with Crippen LogP contribution in [0.25, 0.3) is 0 Å². The first kappa shape index (κ1) is 14.5. The van der Waals surface area contributed by atoms with Gasteiger partial charge >= 0.3 is 0 Å². The molecule has 1 unspecified atom stereocenters. The molecule has 0 aromatic carbocycles. The van der Waals surface area contributed by atoms with Crippen molar-refractivity contribution >= 4 is 5.91 Å². The maximum Gasteiger partial charge on any atom is 0.234 e. The van der Waals surface area contributed by atoms with Crippen molar-refractivity contribution in [3.05, 3.63) is 29.8 Å². The van der Waals surface area contributed by atoms with E-state index in [2.05, 4.69) is 15.6 Å². The summed E-state index contributed by atoms with van der Waals surface area (Å²) in [7, 11) is 1.57. The molecule has 100 valence electrons. The highest BCUT2D eigenvalue weighted by Crippen LogP contribution is 2.11. The van der Waals surface area contributed by atoms with Crippen LogP contribution >= 0.6 is 0 Å². The zero-order valence-electron chi connectivity index (χ0n) is 10.6. The van der Waals surface area contributed by atoms with E-state index in [0.717, 1.165) is 6.20 Å². The second-order valence-corrected chi connectivity index (χ2v) is 3.88. The minimum atomic E-state index is -0.384. The molecule has 1 aromatic rings. The van der Waals surface area contributed by atoms with Gasteiger partial charge in [0, 0.05) is 25.9 Å². The van der Waals surface area contributed by atoms with Crippen LogP contribution in [-0.2, 0) is 9.53 Å². The quantitative estimate of drug-likeness (QED) is 0.702. The van der Waals surface area contributed by atoms with Gasteiger partial charge < -0.3 is 15.4 Å². The van der Waals surface area contributed by atoms with Gasteiger partial charge in [-0.3, -0.25) is 9.78 Å². The summed E-state index contributed by atoms with van der Waals surface area (Å²) in [6.45, 7) is 2.97. The molecule has 1 atom stereocenters. The molecule has 0 aliphatic rings. The fourth-order valence-corrected chi connectivity index (χ4v) is 1.38. The monoisotopic (exact) mass is 255 g/mol. The second kappa shape index (κ2) is 7.73. The third-order valence-electron chi connectivity index (χ3n) is 2.42. The fourth-order valence-electron chi connectivity index (χ4n) is 1.38. The summed E-state index contributed by atoms with van der Waals surface area (Å²) < 4.78 is 17.8. The number of nitrogens with zero attached hydrogens (tertiary/aromatic N) is 1. The van der Waals surface area contributed by atoms with Gasteiger partial charge in [0.25, 0.3) is 0 Å². The molecular weight excluding hydrogens is 237 g/mol. The number of rotatable bonds is 7. The number of nitrogens with one attached hydrogen (secondary N) is 2. The molecule has 0 bridgehead atoms. The normalized spacial score (nSPS) is 12.2. The van der Waals surface area contributed by atoms with Crippen molar-refractivity contribution in [2.24, 2.45) is 0 Å². The number of methoxy groups -OCH3 is 1. The van der Waals surface area contributed by atoms with Crippen molar-refractivity contribution in [1.29, 1.82) is 0 Å². The number of amides is 1. The SMILES string of the molecule is COCCNC(=O)CNC(C)c1cncc(F)c1. The minimum Gasteiger partial charge on any atom is -0.383 e. The minimum absolute atomic E-state index is 0.122. The molecule has 1 heterocycles. The van der Waals surface area contributed by atoms with Crippen LogP contribution in [0, 0.1) is 5.82 Å². The lowest BCUT2D eigenvalue weighted by molar-refractivity contribution is -0.120. The second-order valence-electron chi connectivity index (χ2n) is 3.88. The largest absolute Gasteiger partial charge is 0.383 e. The molecule has 1 rings (SSSR count). The third kappa shape index (κ3) is 5.20. The number of hydrogen-bond donors (Lipinski definition) is 2. The van der Waals surface area contributed by atoms with E-state index in [0.29, 0.717) is 18.7 Å². The average molecular weight is 255 g/mol. The van der Waals surface area contributed by atoms with E-state index >= 15 is 0 Å². The summed E-state index contributed by atoms with van der Waals surface area (Å²) >= 11 is 0. The predicted molar refractivity (Wildman–Crippen MR) is 65.5 cm³/mol. The van der Waals surface area contributed by atoms with Crippen LogP contribution in [0.4, 0.5) is 4.39 Å². The molecule has 1 aromatic heterocycles. The van der Waals surface area contributed by atoms with E-state index < -0.39 is 0 Å². The van der Waals surface area contributed by atoms with Gasteiger partial charge in [-0.05, 0) is 18.6 Å². The van der Waals surface area contributed by atoms with Crippen molar-refractivity contribution in [2.75, 3.05) is 26.8 Å². The Kier molecular flexibility index (Phi) is 6.24. The zero-order chi connectivity index (χ0) is 13.4. The first-order chi connectivity index (χ1) is 8.63. The Morgan fingerprint density at radius 2 is 2.33 bits per heavy atom. The number of ether oxygens (including phenoxy) is 1. The molecule has 0 saturated carbocycles. The zero-order valence-corrected chi connectivity index (χ0v) is 10.6. The first-order valence-electron chi connectivity index (χ1n) is 5.73. The van der Waals surface area contributed by atoms with Gasteiger partial charge in [0.2, 0.25) is 5.91 Å². The topological polar surface area (TPSA) is 63.2 Å². The Morgan fingerprint density at radius 1 is 1.56 bits per heavy atom. The summed E-state index contributed by atoms with van der Waals surface area (Å²) in [4.78, 5) is 15.2. The maximum absolute atomic E-state index is 12.9. The number of carbonyl (C=O) groups excluding carboxylic acids is 1. The lowest BCUT2D eigenvalue weighted by Crippen LogP contribution is -2.36. The van der Waals surface area contributed by atoms with Crippen LogP contribution in [0.5, 0.6) is 0 Å². The van der Waals surface area contributed by atoms with Gasteiger partial charge in [-0.2, -0.15) is 0 Å². The average Bonchev–Trinajstić information content (AvgIpc) is 2.36. The molecule has 1 amide bonds. The van der Waals surface area contributed by atoms with Crippen molar-refractivity contribution in [2.45, 2.75) is 13.0 Å². The Hall–Kier alpha value is -1.53. The first-order valence-corrected chi connectivity index (χ1v) is 5.73. The van der Waals surface area contributed by atoms with E-state index in [1.807, 2.05) is 6.92 Å². The maximum atomic E-state index is 12.9. The molecule has 0 spiro atoms. The number of aromatic nitrogens is 1. The molecule has 0 aliphatic carbocycles. The lowest BCUT2D eigenvalue weighted by Gasteiger charge is -2.13. The number of pyridine rings is 1. The van der Waals surface area contributed by atoms with Crippen LogP contribution < -0.4 is 10.6 Å². The molecule has 6 heteroatoms. The predicted octanol–water partition coefficient (Wildman–Crippen LogP) is 0.634. The molecule has 0 saturated heterocycles. The third-order valence-corrected chi connectivity index (χ3v) is 2.42.